The van der Waals surface area contributed by atoms with Gasteiger partial charge in [-0.3, -0.25) is 4.99 Å². The number of nitrogens with two attached hydrogens (primary N) is 1. The summed E-state index contributed by atoms with van der Waals surface area (Å²) in [6.45, 7) is 3.54. The summed E-state index contributed by atoms with van der Waals surface area (Å²) in [7, 11) is 0. The van der Waals surface area contributed by atoms with Crippen molar-refractivity contribution in [2.45, 2.75) is 13.8 Å². The van der Waals surface area contributed by atoms with Crippen LogP contribution in [-0.4, -0.2) is 5.71 Å². The first-order chi connectivity index (χ1) is 7.58. The maximum absolute atomic E-state index is 13.5. The molecule has 1 aromatic carbocycles. The van der Waals surface area contributed by atoms with E-state index in [0.29, 0.717) is 5.71 Å². The molecule has 0 aromatic heterocycles. The van der Waals surface area contributed by atoms with Gasteiger partial charge in [-0.15, -0.1) is 0 Å². The van der Waals surface area contributed by atoms with E-state index in [1.165, 1.54) is 18.3 Å². The molecule has 1 rings (SSSR count). The van der Waals surface area contributed by atoms with Crippen LogP contribution in [0.5, 0.6) is 0 Å². The number of rotatable bonds is 2. The highest BCUT2D eigenvalue weighted by molar-refractivity contribution is 5.99. The Morgan fingerprint density at radius 2 is 2.19 bits per heavy atom. The van der Waals surface area contributed by atoms with Gasteiger partial charge in [0.15, 0.2) is 0 Å². The zero-order chi connectivity index (χ0) is 12.1. The Labute approximate surface area is 93.7 Å². The zero-order valence-electron chi connectivity index (χ0n) is 9.16. The normalized spacial score (nSPS) is 12.4. The van der Waals surface area contributed by atoms with Crippen LogP contribution in [0.25, 0.3) is 0 Å². The van der Waals surface area contributed by atoms with Crippen LogP contribution in [0.4, 0.5) is 10.1 Å². The summed E-state index contributed by atoms with van der Waals surface area (Å²) in [5.41, 5.74) is 7.24. The van der Waals surface area contributed by atoms with Crippen LogP contribution >= 0.6 is 0 Å². The third-order valence-electron chi connectivity index (χ3n) is 2.19. The number of allylic oxidation sites excluding steroid dienone is 1. The highest BCUT2D eigenvalue weighted by atomic mass is 19.1. The molecule has 0 saturated heterocycles. The van der Waals surface area contributed by atoms with Crippen molar-refractivity contribution in [2.75, 3.05) is 0 Å². The summed E-state index contributed by atoms with van der Waals surface area (Å²) >= 11 is 0. The number of aliphatic imine (C=N–C) groups is 1. The zero-order valence-corrected chi connectivity index (χ0v) is 9.16. The molecule has 4 heteroatoms. The van der Waals surface area contributed by atoms with Crippen LogP contribution in [-0.2, 0) is 0 Å². The summed E-state index contributed by atoms with van der Waals surface area (Å²) in [6.07, 6.45) is 1.42. The maximum atomic E-state index is 13.5. The molecular formula is C12H12FN3. The van der Waals surface area contributed by atoms with Crippen molar-refractivity contribution >= 4 is 11.4 Å². The molecule has 82 valence electrons. The van der Waals surface area contributed by atoms with Crippen LogP contribution in [0.1, 0.15) is 19.4 Å². The number of hydrogen-bond donors (Lipinski definition) is 1. The summed E-state index contributed by atoms with van der Waals surface area (Å²) in [4.78, 5) is 4.09. The van der Waals surface area contributed by atoms with E-state index in [-0.39, 0.29) is 11.3 Å². The highest BCUT2D eigenvalue weighted by Crippen LogP contribution is 2.19. The Hall–Kier alpha value is -2.15. The van der Waals surface area contributed by atoms with E-state index in [9.17, 15) is 4.39 Å². The minimum atomic E-state index is -0.511. The van der Waals surface area contributed by atoms with Crippen LogP contribution in [0, 0.1) is 17.1 Å². The standard InChI is InChI=1S/C12H12FN3/c1-8(6-14)9(2)16-12-4-3-10(7-15)5-11(12)13/h3-6H,14H2,1-2H3. The van der Waals surface area contributed by atoms with Gasteiger partial charge >= 0.3 is 0 Å². The molecule has 0 radical (unpaired) electrons. The molecule has 0 saturated carbocycles. The van der Waals surface area contributed by atoms with Crippen LogP contribution < -0.4 is 5.73 Å². The summed E-state index contributed by atoms with van der Waals surface area (Å²) in [5.74, 6) is -0.511. The molecule has 2 N–H and O–H groups in total. The van der Waals surface area contributed by atoms with Gasteiger partial charge in [-0.25, -0.2) is 4.39 Å². The Kier molecular flexibility index (Phi) is 3.78. The first-order valence-electron chi connectivity index (χ1n) is 4.72. The summed E-state index contributed by atoms with van der Waals surface area (Å²) in [6, 6.07) is 6.02. The predicted molar refractivity (Wildman–Crippen MR) is 61.8 cm³/mol. The first-order valence-corrected chi connectivity index (χ1v) is 4.72. The van der Waals surface area contributed by atoms with Crippen LogP contribution in [0.15, 0.2) is 35.0 Å². The second-order valence-electron chi connectivity index (χ2n) is 3.32. The van der Waals surface area contributed by atoms with Crippen LogP contribution in [0.3, 0.4) is 0 Å². The number of hydrogen-bond acceptors (Lipinski definition) is 3. The average Bonchev–Trinajstić information content (AvgIpc) is 2.30. The average molecular weight is 217 g/mol. The van der Waals surface area contributed by atoms with Gasteiger partial charge in [0.25, 0.3) is 0 Å². The van der Waals surface area contributed by atoms with Gasteiger partial charge in [0.2, 0.25) is 0 Å². The van der Waals surface area contributed by atoms with Crippen LogP contribution in [0.2, 0.25) is 0 Å². The van der Waals surface area contributed by atoms with Gasteiger partial charge in [0.1, 0.15) is 5.82 Å². The minimum Gasteiger partial charge on any atom is -0.404 e. The fourth-order valence-electron chi connectivity index (χ4n) is 1.06. The molecule has 0 fully saturated rings. The molecule has 0 unspecified atom stereocenters. The molecule has 3 nitrogen and oxygen atoms in total. The van der Waals surface area contributed by atoms with E-state index in [2.05, 4.69) is 4.99 Å². The monoisotopic (exact) mass is 217 g/mol. The van der Waals surface area contributed by atoms with Crippen molar-refractivity contribution in [2.24, 2.45) is 10.7 Å². The van der Waals surface area contributed by atoms with Gasteiger partial charge in [0.05, 0.1) is 17.3 Å². The van der Waals surface area contributed by atoms with Crippen molar-refractivity contribution in [1.82, 2.24) is 0 Å². The van der Waals surface area contributed by atoms with Crippen molar-refractivity contribution in [3.05, 3.63) is 41.4 Å². The minimum absolute atomic E-state index is 0.206. The molecule has 0 aliphatic carbocycles. The molecular weight excluding hydrogens is 205 g/mol. The molecule has 16 heavy (non-hydrogen) atoms. The molecule has 0 spiro atoms. The van der Waals surface area contributed by atoms with Gasteiger partial charge in [-0.1, -0.05) is 0 Å². The molecule has 0 heterocycles. The number of nitriles is 1. The van der Waals surface area contributed by atoms with Gasteiger partial charge in [-0.05, 0) is 43.8 Å². The smallest absolute Gasteiger partial charge is 0.150 e. The van der Waals surface area contributed by atoms with Gasteiger partial charge < -0.3 is 5.73 Å². The van der Waals surface area contributed by atoms with E-state index < -0.39 is 5.82 Å². The fourth-order valence-corrected chi connectivity index (χ4v) is 1.06. The summed E-state index contributed by atoms with van der Waals surface area (Å²) in [5, 5.41) is 8.58. The predicted octanol–water partition coefficient (Wildman–Crippen LogP) is 2.65. The fraction of sp³-hybridized carbons (Fsp3) is 0.167. The Balaban J connectivity index is 3.13. The topological polar surface area (TPSA) is 62.2 Å². The Morgan fingerprint density at radius 1 is 1.50 bits per heavy atom. The molecule has 0 aliphatic rings. The SMILES string of the molecule is CC(=CN)C(C)=Nc1ccc(C#N)cc1F. The van der Waals surface area contributed by atoms with E-state index in [0.717, 1.165) is 11.6 Å². The molecule has 1 aromatic rings. The van der Waals surface area contributed by atoms with E-state index in [1.54, 1.807) is 13.8 Å². The van der Waals surface area contributed by atoms with Crippen molar-refractivity contribution < 1.29 is 4.39 Å². The number of halogens is 1. The lowest BCUT2D eigenvalue weighted by Gasteiger charge is -2.01. The second kappa shape index (κ2) is 5.08. The number of benzene rings is 1. The molecule has 0 atom stereocenters. The quantitative estimate of drug-likeness (QED) is 0.774. The van der Waals surface area contributed by atoms with E-state index in [1.807, 2.05) is 6.07 Å². The largest absolute Gasteiger partial charge is 0.404 e. The molecule has 0 amide bonds. The molecule has 0 aliphatic heterocycles. The van der Waals surface area contributed by atoms with Crippen molar-refractivity contribution in [3.8, 4) is 6.07 Å². The third kappa shape index (κ3) is 2.67. The van der Waals surface area contributed by atoms with Crippen molar-refractivity contribution in [1.29, 1.82) is 5.26 Å². The first kappa shape index (κ1) is 11.9. The van der Waals surface area contributed by atoms with E-state index >= 15 is 0 Å². The van der Waals surface area contributed by atoms with Gasteiger partial charge in [-0.2, -0.15) is 5.26 Å². The Bertz CT molecular complexity index is 495. The third-order valence-corrected chi connectivity index (χ3v) is 2.19. The Morgan fingerprint density at radius 3 is 2.69 bits per heavy atom. The lowest BCUT2D eigenvalue weighted by molar-refractivity contribution is 0.629. The lowest BCUT2D eigenvalue weighted by Crippen LogP contribution is -1.96. The molecule has 0 bridgehead atoms. The lowest BCUT2D eigenvalue weighted by atomic mass is 10.2. The van der Waals surface area contributed by atoms with Gasteiger partial charge in [0, 0.05) is 5.71 Å². The highest BCUT2D eigenvalue weighted by Gasteiger charge is 2.03. The maximum Gasteiger partial charge on any atom is 0.150 e. The van der Waals surface area contributed by atoms with E-state index in [4.69, 9.17) is 11.0 Å². The van der Waals surface area contributed by atoms with Crippen molar-refractivity contribution in [3.63, 3.8) is 0 Å². The summed E-state index contributed by atoms with van der Waals surface area (Å²) < 4.78 is 13.5. The number of nitrogens with zero attached hydrogens (tertiary/aromatic N) is 2. The second-order valence-corrected chi connectivity index (χ2v) is 3.32.